The number of halogens is 6. The summed E-state index contributed by atoms with van der Waals surface area (Å²) in [6.07, 6.45) is -5.02. The van der Waals surface area contributed by atoms with E-state index < -0.39 is 52.5 Å². The smallest absolute Gasteiger partial charge is 0.431 e. The minimum absolute atomic E-state index is 0.00849. The predicted octanol–water partition coefficient (Wildman–Crippen LogP) is 4.87. The summed E-state index contributed by atoms with van der Waals surface area (Å²) in [7, 11) is 0.779. The third-order valence-corrected chi connectivity index (χ3v) is 7.33. The van der Waals surface area contributed by atoms with Gasteiger partial charge in [0.2, 0.25) is 5.91 Å². The van der Waals surface area contributed by atoms with Crippen LogP contribution in [0.4, 0.5) is 23.2 Å². The Kier molecular flexibility index (Phi) is 8.66. The van der Waals surface area contributed by atoms with Gasteiger partial charge in [-0.25, -0.2) is 23.5 Å². The number of aliphatic imine (C=N–C) groups is 1. The Morgan fingerprint density at radius 1 is 1.12 bits per heavy atom. The molecule has 1 saturated heterocycles. The first-order valence-electron chi connectivity index (χ1n) is 11.6. The van der Waals surface area contributed by atoms with E-state index >= 15 is 0 Å². The molecule has 0 saturated carbocycles. The average molecular weight is 633 g/mol. The molecule has 216 valence electrons. The normalized spacial score (nSPS) is 15.5. The predicted molar refractivity (Wildman–Crippen MR) is 144 cm³/mol. The summed E-state index contributed by atoms with van der Waals surface area (Å²) in [5.41, 5.74) is -5.06. The lowest BCUT2D eigenvalue weighted by atomic mass is 10.1. The number of hydrogen-bond donors (Lipinski definition) is 0. The Labute approximate surface area is 242 Å². The molecule has 4 rings (SSSR count). The number of carbonyl (C=O) groups excluding carboxylic acids is 2. The fourth-order valence-corrected chi connectivity index (χ4v) is 5.19. The summed E-state index contributed by atoms with van der Waals surface area (Å²) in [6.45, 7) is 1.59. The summed E-state index contributed by atoms with van der Waals surface area (Å²) >= 11 is 13.1. The van der Waals surface area contributed by atoms with Crippen LogP contribution in [0.5, 0.6) is 0 Å². The first kappa shape index (κ1) is 30.3. The SMILES string of the molecule is CCOC(=O)C(c1ccc(Cl)cc1)N1C(=O)CSC1=Nc1cc(-n2c(=O)cc(C(F)(F)F)n(C)c2=O)c(F)cc1Cl. The molecule has 16 heteroatoms. The lowest BCUT2D eigenvalue weighted by Gasteiger charge is -2.26. The quantitative estimate of drug-likeness (QED) is 0.284. The zero-order valence-electron chi connectivity index (χ0n) is 21.0. The van der Waals surface area contributed by atoms with Crippen LogP contribution >= 0.6 is 35.0 Å². The second kappa shape index (κ2) is 11.7. The zero-order chi connectivity index (χ0) is 30.2. The number of carbonyl (C=O) groups is 2. The number of rotatable bonds is 6. The van der Waals surface area contributed by atoms with E-state index in [0.29, 0.717) is 16.7 Å². The van der Waals surface area contributed by atoms with Crippen molar-refractivity contribution in [1.82, 2.24) is 14.0 Å². The zero-order valence-corrected chi connectivity index (χ0v) is 23.4. The summed E-state index contributed by atoms with van der Waals surface area (Å²) in [5.74, 6) is -2.63. The van der Waals surface area contributed by atoms with E-state index in [0.717, 1.165) is 29.8 Å². The van der Waals surface area contributed by atoms with Gasteiger partial charge in [0.25, 0.3) is 5.56 Å². The van der Waals surface area contributed by atoms with Crippen molar-refractivity contribution in [3.8, 4) is 5.69 Å². The lowest BCUT2D eigenvalue weighted by Crippen LogP contribution is -2.41. The van der Waals surface area contributed by atoms with Gasteiger partial charge in [0.05, 0.1) is 28.8 Å². The lowest BCUT2D eigenvalue weighted by molar-refractivity contribution is -0.151. The first-order valence-corrected chi connectivity index (χ1v) is 13.3. The van der Waals surface area contributed by atoms with Crippen LogP contribution in [0.25, 0.3) is 5.69 Å². The van der Waals surface area contributed by atoms with Crippen molar-refractivity contribution in [3.63, 3.8) is 0 Å². The molecule has 1 unspecified atom stereocenters. The molecule has 1 aliphatic rings. The second-order valence-corrected chi connectivity index (χ2v) is 10.2. The van der Waals surface area contributed by atoms with Crippen molar-refractivity contribution >= 4 is 57.7 Å². The number of thioether (sulfide) groups is 1. The van der Waals surface area contributed by atoms with Crippen molar-refractivity contribution in [3.05, 3.63) is 90.4 Å². The third-order valence-electron chi connectivity index (χ3n) is 5.84. The highest BCUT2D eigenvalue weighted by molar-refractivity contribution is 8.15. The number of aromatic nitrogens is 2. The minimum Gasteiger partial charge on any atom is -0.464 e. The number of ether oxygens (including phenoxy) is 1. The molecule has 0 radical (unpaired) electrons. The molecule has 1 fully saturated rings. The van der Waals surface area contributed by atoms with Gasteiger partial charge in [-0.15, -0.1) is 0 Å². The Morgan fingerprint density at radius 3 is 2.39 bits per heavy atom. The van der Waals surface area contributed by atoms with E-state index in [4.69, 9.17) is 27.9 Å². The molecule has 1 atom stereocenters. The van der Waals surface area contributed by atoms with Crippen LogP contribution in [-0.4, -0.2) is 43.4 Å². The Morgan fingerprint density at radius 2 is 1.78 bits per heavy atom. The Hall–Kier alpha value is -3.62. The largest absolute Gasteiger partial charge is 0.464 e. The molecule has 1 amide bonds. The maximum Gasteiger partial charge on any atom is 0.431 e. The highest BCUT2D eigenvalue weighted by Crippen LogP contribution is 2.36. The van der Waals surface area contributed by atoms with Gasteiger partial charge in [-0.05, 0) is 36.8 Å². The molecule has 9 nitrogen and oxygen atoms in total. The van der Waals surface area contributed by atoms with Crippen LogP contribution < -0.4 is 11.2 Å². The molecular weight excluding hydrogens is 615 g/mol. The van der Waals surface area contributed by atoms with Gasteiger partial charge in [-0.3, -0.25) is 19.1 Å². The molecule has 1 aliphatic heterocycles. The Balaban J connectivity index is 1.86. The van der Waals surface area contributed by atoms with E-state index in [2.05, 4.69) is 4.99 Å². The highest BCUT2D eigenvalue weighted by Gasteiger charge is 2.40. The summed E-state index contributed by atoms with van der Waals surface area (Å²) in [5, 5.41) is 0.0207. The maximum atomic E-state index is 15.0. The Bertz CT molecular complexity index is 1690. The number of nitrogens with zero attached hydrogens (tertiary/aromatic N) is 4. The summed E-state index contributed by atoms with van der Waals surface area (Å²) < 4.78 is 60.3. The molecular formula is C25H18Cl2F4N4O5S. The molecule has 0 aliphatic carbocycles. The number of amidine groups is 1. The van der Waals surface area contributed by atoms with Crippen molar-refractivity contribution < 1.29 is 31.9 Å². The minimum atomic E-state index is -5.02. The van der Waals surface area contributed by atoms with Crippen LogP contribution in [0, 0.1) is 5.82 Å². The van der Waals surface area contributed by atoms with Gasteiger partial charge in [0.1, 0.15) is 11.5 Å². The molecule has 1 aromatic heterocycles. The van der Waals surface area contributed by atoms with Crippen LogP contribution in [-0.2, 0) is 27.5 Å². The van der Waals surface area contributed by atoms with Gasteiger partial charge >= 0.3 is 17.8 Å². The molecule has 0 N–H and O–H groups in total. The number of benzene rings is 2. The van der Waals surface area contributed by atoms with Crippen molar-refractivity contribution in [2.24, 2.45) is 12.0 Å². The van der Waals surface area contributed by atoms with Crippen LogP contribution in [0.1, 0.15) is 24.2 Å². The number of esters is 1. The number of hydrogen-bond acceptors (Lipinski definition) is 7. The fourth-order valence-electron chi connectivity index (χ4n) is 3.98. The van der Waals surface area contributed by atoms with Gasteiger partial charge < -0.3 is 4.74 Å². The van der Waals surface area contributed by atoms with E-state index in [1.807, 2.05) is 0 Å². The molecule has 0 bridgehead atoms. The molecule has 3 aromatic rings. The summed E-state index contributed by atoms with van der Waals surface area (Å²) in [4.78, 5) is 56.6. The average Bonchev–Trinajstić information content (AvgIpc) is 3.24. The van der Waals surface area contributed by atoms with Crippen LogP contribution in [0.2, 0.25) is 10.0 Å². The van der Waals surface area contributed by atoms with Gasteiger partial charge in [-0.2, -0.15) is 13.2 Å². The number of amides is 1. The van der Waals surface area contributed by atoms with E-state index in [9.17, 15) is 36.7 Å². The molecule has 0 spiro atoms. The maximum absolute atomic E-state index is 15.0. The second-order valence-electron chi connectivity index (χ2n) is 8.45. The van der Waals surface area contributed by atoms with Crippen molar-refractivity contribution in [1.29, 1.82) is 0 Å². The van der Waals surface area contributed by atoms with E-state index in [1.165, 1.54) is 24.3 Å². The first-order chi connectivity index (χ1) is 19.2. The standard InChI is InChI=1S/C25H18Cl2F4N4O5S/c1-3-40-22(38)21(12-4-6-13(26)7-5-12)35-20(37)11-41-23(35)32-16-9-17(15(28)8-14(16)27)34-19(36)10-18(25(29,30)31)33(2)24(34)39/h4-10,21H,3,11H2,1-2H3. The highest BCUT2D eigenvalue weighted by atomic mass is 35.5. The monoisotopic (exact) mass is 632 g/mol. The van der Waals surface area contributed by atoms with E-state index in [1.54, 1.807) is 6.92 Å². The van der Waals surface area contributed by atoms with Gasteiger partial charge in [-0.1, -0.05) is 47.1 Å². The topological polar surface area (TPSA) is 103 Å². The van der Waals surface area contributed by atoms with E-state index in [-0.39, 0.29) is 43.4 Å². The third kappa shape index (κ3) is 6.04. The van der Waals surface area contributed by atoms with Gasteiger partial charge in [0, 0.05) is 18.1 Å². The fraction of sp³-hybridized carbons (Fsp3) is 0.240. The number of alkyl halides is 3. The van der Waals surface area contributed by atoms with Crippen molar-refractivity contribution in [2.75, 3.05) is 12.4 Å². The van der Waals surface area contributed by atoms with Gasteiger partial charge in [0.15, 0.2) is 11.2 Å². The summed E-state index contributed by atoms with van der Waals surface area (Å²) in [6, 6.07) is 6.54. The molecule has 2 heterocycles. The van der Waals surface area contributed by atoms with Crippen LogP contribution in [0.15, 0.2) is 57.0 Å². The molecule has 41 heavy (non-hydrogen) atoms. The molecule has 2 aromatic carbocycles. The van der Waals surface area contributed by atoms with Crippen molar-refractivity contribution in [2.45, 2.75) is 19.1 Å². The van der Waals surface area contributed by atoms with Crippen LogP contribution in [0.3, 0.4) is 0 Å².